The van der Waals surface area contributed by atoms with E-state index in [9.17, 15) is 9.18 Å². The zero-order chi connectivity index (χ0) is 13.9. The third-order valence-corrected chi connectivity index (χ3v) is 4.13. The monoisotopic (exact) mass is 264 g/mol. The standard InChI is InChI=1S/C15H21FN2O/c1-11(12-5-2-3-6-13(12)16)18-14(19)9-15(10-17)7-4-8-15/h2-3,5-6,11H,4,7-10,17H2,1H3,(H,18,19). The Balaban J connectivity index is 1.94. The van der Waals surface area contributed by atoms with Gasteiger partial charge < -0.3 is 11.1 Å². The van der Waals surface area contributed by atoms with Crippen LogP contribution in [0.4, 0.5) is 4.39 Å². The second-order valence-corrected chi connectivity index (χ2v) is 5.55. The fraction of sp³-hybridized carbons (Fsp3) is 0.533. The third-order valence-electron chi connectivity index (χ3n) is 4.13. The molecule has 1 atom stereocenters. The maximum atomic E-state index is 13.6. The average molecular weight is 264 g/mol. The number of halogens is 1. The summed E-state index contributed by atoms with van der Waals surface area (Å²) in [6.07, 6.45) is 3.63. The lowest BCUT2D eigenvalue weighted by Crippen LogP contribution is -2.42. The second-order valence-electron chi connectivity index (χ2n) is 5.55. The minimum atomic E-state index is -0.316. The van der Waals surface area contributed by atoms with Crippen LogP contribution >= 0.6 is 0 Å². The predicted molar refractivity (Wildman–Crippen MR) is 72.9 cm³/mol. The predicted octanol–water partition coefficient (Wildman–Crippen LogP) is 2.52. The first kappa shape index (κ1) is 14.0. The molecule has 4 heteroatoms. The number of benzene rings is 1. The lowest BCUT2D eigenvalue weighted by molar-refractivity contribution is -0.125. The molecule has 104 valence electrons. The summed E-state index contributed by atoms with van der Waals surface area (Å²) in [6, 6.07) is 6.20. The molecule has 1 aromatic rings. The van der Waals surface area contributed by atoms with Gasteiger partial charge in [-0.15, -0.1) is 0 Å². The van der Waals surface area contributed by atoms with Gasteiger partial charge >= 0.3 is 0 Å². The number of hydrogen-bond donors (Lipinski definition) is 2. The molecule has 1 unspecified atom stereocenters. The SMILES string of the molecule is CC(NC(=O)CC1(CN)CCC1)c1ccccc1F. The quantitative estimate of drug-likeness (QED) is 0.858. The van der Waals surface area contributed by atoms with Crippen molar-refractivity contribution in [2.45, 2.75) is 38.6 Å². The molecule has 0 aliphatic heterocycles. The zero-order valence-electron chi connectivity index (χ0n) is 11.3. The molecule has 0 radical (unpaired) electrons. The first-order valence-electron chi connectivity index (χ1n) is 6.80. The fourth-order valence-electron chi connectivity index (χ4n) is 2.67. The zero-order valence-corrected chi connectivity index (χ0v) is 11.3. The summed E-state index contributed by atoms with van der Waals surface area (Å²) >= 11 is 0. The molecular weight excluding hydrogens is 243 g/mol. The lowest BCUT2D eigenvalue weighted by Gasteiger charge is -2.40. The van der Waals surface area contributed by atoms with E-state index in [4.69, 9.17) is 5.73 Å². The number of carbonyl (C=O) groups is 1. The van der Waals surface area contributed by atoms with Gasteiger partial charge in [0, 0.05) is 12.0 Å². The Morgan fingerprint density at radius 1 is 1.47 bits per heavy atom. The molecule has 0 saturated heterocycles. The van der Waals surface area contributed by atoms with E-state index < -0.39 is 0 Å². The number of amides is 1. The highest BCUT2D eigenvalue weighted by molar-refractivity contribution is 5.77. The van der Waals surface area contributed by atoms with Crippen molar-refractivity contribution in [3.05, 3.63) is 35.6 Å². The first-order chi connectivity index (χ1) is 9.06. The lowest BCUT2D eigenvalue weighted by atomic mass is 9.66. The molecule has 3 N–H and O–H groups in total. The average Bonchev–Trinajstić information content (AvgIpc) is 2.34. The Bertz CT molecular complexity index is 452. The van der Waals surface area contributed by atoms with Crippen LogP contribution in [-0.4, -0.2) is 12.5 Å². The van der Waals surface area contributed by atoms with Gasteiger partial charge in [0.25, 0.3) is 0 Å². The van der Waals surface area contributed by atoms with Gasteiger partial charge in [0.2, 0.25) is 5.91 Å². The minimum Gasteiger partial charge on any atom is -0.349 e. The van der Waals surface area contributed by atoms with Crippen molar-refractivity contribution in [1.29, 1.82) is 0 Å². The van der Waals surface area contributed by atoms with Gasteiger partial charge in [0.05, 0.1) is 6.04 Å². The van der Waals surface area contributed by atoms with Crippen LogP contribution in [-0.2, 0) is 4.79 Å². The molecule has 3 nitrogen and oxygen atoms in total. The highest BCUT2D eigenvalue weighted by Crippen LogP contribution is 2.42. The molecule has 1 aliphatic carbocycles. The van der Waals surface area contributed by atoms with Crippen molar-refractivity contribution in [2.24, 2.45) is 11.1 Å². The van der Waals surface area contributed by atoms with Crippen LogP contribution in [0.15, 0.2) is 24.3 Å². The largest absolute Gasteiger partial charge is 0.349 e. The molecule has 2 rings (SSSR count). The van der Waals surface area contributed by atoms with E-state index in [2.05, 4.69) is 5.32 Å². The van der Waals surface area contributed by atoms with Crippen LogP contribution in [0.2, 0.25) is 0 Å². The summed E-state index contributed by atoms with van der Waals surface area (Å²) in [5.74, 6) is -0.326. The van der Waals surface area contributed by atoms with Crippen molar-refractivity contribution in [1.82, 2.24) is 5.32 Å². The summed E-state index contributed by atoms with van der Waals surface area (Å²) in [4.78, 5) is 12.0. The molecule has 1 aliphatic rings. The normalized spacial score (nSPS) is 18.5. The second kappa shape index (κ2) is 5.70. The van der Waals surface area contributed by atoms with E-state index in [1.807, 2.05) is 0 Å². The highest BCUT2D eigenvalue weighted by Gasteiger charge is 2.37. The van der Waals surface area contributed by atoms with Crippen LogP contribution in [0.1, 0.15) is 44.2 Å². The van der Waals surface area contributed by atoms with E-state index >= 15 is 0 Å². The molecule has 19 heavy (non-hydrogen) atoms. The van der Waals surface area contributed by atoms with Crippen molar-refractivity contribution in [2.75, 3.05) is 6.54 Å². The highest BCUT2D eigenvalue weighted by atomic mass is 19.1. The third kappa shape index (κ3) is 3.13. The Kier molecular flexibility index (Phi) is 4.20. The first-order valence-corrected chi connectivity index (χ1v) is 6.80. The molecular formula is C15H21FN2O. The minimum absolute atomic E-state index is 0.0148. The van der Waals surface area contributed by atoms with Gasteiger partial charge in [-0.05, 0) is 37.8 Å². The van der Waals surface area contributed by atoms with E-state index in [0.717, 1.165) is 19.3 Å². The van der Waals surface area contributed by atoms with E-state index in [0.29, 0.717) is 18.5 Å². The van der Waals surface area contributed by atoms with Crippen molar-refractivity contribution in [3.8, 4) is 0 Å². The molecule has 0 heterocycles. The molecule has 1 amide bonds. The molecule has 0 spiro atoms. The molecule has 1 aromatic carbocycles. The Morgan fingerprint density at radius 3 is 2.68 bits per heavy atom. The Morgan fingerprint density at radius 2 is 2.16 bits per heavy atom. The summed E-state index contributed by atoms with van der Waals surface area (Å²) in [5.41, 5.74) is 6.25. The maximum Gasteiger partial charge on any atom is 0.221 e. The fourth-order valence-corrected chi connectivity index (χ4v) is 2.67. The summed E-state index contributed by atoms with van der Waals surface area (Å²) < 4.78 is 13.6. The Labute approximate surface area is 113 Å². The summed E-state index contributed by atoms with van der Waals surface area (Å²) in [6.45, 7) is 2.35. The van der Waals surface area contributed by atoms with E-state index in [-0.39, 0.29) is 23.2 Å². The van der Waals surface area contributed by atoms with Crippen molar-refractivity contribution in [3.63, 3.8) is 0 Å². The van der Waals surface area contributed by atoms with Gasteiger partial charge in [0.1, 0.15) is 5.82 Å². The number of nitrogens with two attached hydrogens (primary N) is 1. The van der Waals surface area contributed by atoms with Gasteiger partial charge in [0.15, 0.2) is 0 Å². The molecule has 1 fully saturated rings. The van der Waals surface area contributed by atoms with Gasteiger partial charge in [-0.25, -0.2) is 4.39 Å². The van der Waals surface area contributed by atoms with Gasteiger partial charge in [-0.1, -0.05) is 24.6 Å². The smallest absolute Gasteiger partial charge is 0.221 e. The Hall–Kier alpha value is -1.42. The number of hydrogen-bond acceptors (Lipinski definition) is 2. The summed E-state index contributed by atoms with van der Waals surface area (Å²) in [7, 11) is 0. The van der Waals surface area contributed by atoms with Crippen LogP contribution in [0.25, 0.3) is 0 Å². The number of rotatable bonds is 5. The topological polar surface area (TPSA) is 55.1 Å². The molecule has 0 bridgehead atoms. The maximum absolute atomic E-state index is 13.6. The van der Waals surface area contributed by atoms with Gasteiger partial charge in [-0.3, -0.25) is 4.79 Å². The number of nitrogens with one attached hydrogen (secondary N) is 1. The molecule has 1 saturated carbocycles. The van der Waals surface area contributed by atoms with E-state index in [1.54, 1.807) is 25.1 Å². The van der Waals surface area contributed by atoms with Crippen molar-refractivity contribution < 1.29 is 9.18 Å². The van der Waals surface area contributed by atoms with Crippen LogP contribution < -0.4 is 11.1 Å². The van der Waals surface area contributed by atoms with Crippen LogP contribution in [0.5, 0.6) is 0 Å². The van der Waals surface area contributed by atoms with E-state index in [1.165, 1.54) is 6.07 Å². The van der Waals surface area contributed by atoms with Gasteiger partial charge in [-0.2, -0.15) is 0 Å². The summed E-state index contributed by atoms with van der Waals surface area (Å²) in [5, 5.41) is 2.86. The van der Waals surface area contributed by atoms with Crippen molar-refractivity contribution >= 4 is 5.91 Å². The molecule has 0 aromatic heterocycles. The number of carbonyl (C=O) groups excluding carboxylic acids is 1. The van der Waals surface area contributed by atoms with Crippen LogP contribution in [0, 0.1) is 11.2 Å². The van der Waals surface area contributed by atoms with Crippen LogP contribution in [0.3, 0.4) is 0 Å².